The van der Waals surface area contributed by atoms with Crippen LogP contribution in [0.3, 0.4) is 0 Å². The topological polar surface area (TPSA) is 26.3 Å². The summed E-state index contributed by atoms with van der Waals surface area (Å²) in [6.07, 6.45) is 5.24. The van der Waals surface area contributed by atoms with Crippen LogP contribution < -0.4 is 0 Å². The number of carbonyl (C=O) groups excluding carboxylic acids is 1. The fourth-order valence-corrected chi connectivity index (χ4v) is 5.37. The molecule has 0 heterocycles. The minimum absolute atomic E-state index is 0.330. The van der Waals surface area contributed by atoms with Gasteiger partial charge >= 0.3 is 5.97 Å². The van der Waals surface area contributed by atoms with Gasteiger partial charge in [-0.2, -0.15) is 0 Å². The molecule has 0 spiro atoms. The summed E-state index contributed by atoms with van der Waals surface area (Å²) in [6, 6.07) is 19.0. The van der Waals surface area contributed by atoms with Crippen LogP contribution in [0.2, 0.25) is 0 Å². The van der Waals surface area contributed by atoms with Crippen LogP contribution >= 0.6 is 6.04 Å². The Labute approximate surface area is 149 Å². The second-order valence-corrected chi connectivity index (χ2v) is 11.0. The van der Waals surface area contributed by atoms with Crippen molar-refractivity contribution in [3.63, 3.8) is 0 Å². The highest BCUT2D eigenvalue weighted by atomic mass is 32.4. The van der Waals surface area contributed by atoms with Gasteiger partial charge in [-0.15, -0.1) is 0 Å². The SMILES string of the molecule is COC(=O)/C=C/P(=S)(CCc1ccccc1)CCc1ccccc1. The fourth-order valence-electron chi connectivity index (χ4n) is 2.45. The van der Waals surface area contributed by atoms with Crippen LogP contribution in [0.4, 0.5) is 0 Å². The number of methoxy groups -OCH3 is 1. The molecule has 0 saturated heterocycles. The third-order valence-electron chi connectivity index (χ3n) is 3.93. The van der Waals surface area contributed by atoms with Gasteiger partial charge in [0.1, 0.15) is 0 Å². The first-order chi connectivity index (χ1) is 11.6. The lowest BCUT2D eigenvalue weighted by Gasteiger charge is -2.18. The average Bonchev–Trinajstić information content (AvgIpc) is 2.65. The van der Waals surface area contributed by atoms with Crippen LogP contribution in [0.5, 0.6) is 0 Å². The maximum Gasteiger partial charge on any atom is 0.330 e. The molecule has 0 aliphatic rings. The number of ether oxygens (including phenoxy) is 1. The molecule has 126 valence electrons. The van der Waals surface area contributed by atoms with E-state index in [1.807, 2.05) is 42.2 Å². The van der Waals surface area contributed by atoms with Crippen molar-refractivity contribution in [1.29, 1.82) is 0 Å². The number of hydrogen-bond acceptors (Lipinski definition) is 3. The predicted molar refractivity (Wildman–Crippen MR) is 105 cm³/mol. The summed E-state index contributed by atoms with van der Waals surface area (Å²) >= 11 is 5.98. The molecule has 0 atom stereocenters. The molecule has 2 nitrogen and oxygen atoms in total. The van der Waals surface area contributed by atoms with Gasteiger partial charge in [0.15, 0.2) is 0 Å². The smallest absolute Gasteiger partial charge is 0.330 e. The molecule has 0 radical (unpaired) electrons. The van der Waals surface area contributed by atoms with E-state index in [0.29, 0.717) is 0 Å². The van der Waals surface area contributed by atoms with Gasteiger partial charge in [-0.05, 0) is 48.1 Å². The number of aryl methyl sites for hydroxylation is 2. The molecule has 2 rings (SSSR count). The molecule has 2 aromatic rings. The summed E-state index contributed by atoms with van der Waals surface area (Å²) in [5, 5.41) is 0. The molecule has 0 aromatic heterocycles. The van der Waals surface area contributed by atoms with E-state index in [4.69, 9.17) is 16.5 Å². The first-order valence-corrected chi connectivity index (χ1v) is 11.3. The first kappa shape index (κ1) is 18.6. The van der Waals surface area contributed by atoms with E-state index >= 15 is 0 Å². The molecule has 0 aliphatic carbocycles. The van der Waals surface area contributed by atoms with E-state index in [9.17, 15) is 4.79 Å². The average molecular weight is 358 g/mol. The minimum Gasteiger partial charge on any atom is -0.466 e. The summed E-state index contributed by atoms with van der Waals surface area (Å²) in [5.41, 5.74) is 2.58. The quantitative estimate of drug-likeness (QED) is 0.391. The fraction of sp³-hybridized carbons (Fsp3) is 0.250. The highest BCUT2D eigenvalue weighted by Gasteiger charge is 2.14. The summed E-state index contributed by atoms with van der Waals surface area (Å²) in [6.45, 7) is 0. The van der Waals surface area contributed by atoms with Crippen LogP contribution in [0.25, 0.3) is 0 Å². The van der Waals surface area contributed by atoms with Crippen molar-refractivity contribution >= 4 is 23.8 Å². The first-order valence-electron chi connectivity index (χ1n) is 8.04. The highest BCUT2D eigenvalue weighted by molar-refractivity contribution is 8.16. The maximum atomic E-state index is 11.5. The van der Waals surface area contributed by atoms with E-state index in [-0.39, 0.29) is 5.97 Å². The van der Waals surface area contributed by atoms with E-state index in [1.165, 1.54) is 24.3 Å². The van der Waals surface area contributed by atoms with Gasteiger partial charge in [-0.25, -0.2) is 4.79 Å². The van der Waals surface area contributed by atoms with Crippen LogP contribution in [0.1, 0.15) is 11.1 Å². The Hall–Kier alpha value is -1.70. The van der Waals surface area contributed by atoms with Gasteiger partial charge < -0.3 is 4.74 Å². The van der Waals surface area contributed by atoms with E-state index in [2.05, 4.69) is 24.3 Å². The molecular formula is C20H23O2PS. The highest BCUT2D eigenvalue weighted by Crippen LogP contribution is 2.48. The van der Waals surface area contributed by atoms with Gasteiger partial charge in [-0.3, -0.25) is 0 Å². The van der Waals surface area contributed by atoms with E-state index < -0.39 is 6.04 Å². The van der Waals surface area contributed by atoms with Gasteiger partial charge in [0, 0.05) is 6.08 Å². The molecule has 0 saturated carbocycles. The zero-order valence-corrected chi connectivity index (χ0v) is 15.6. The molecular weight excluding hydrogens is 335 g/mol. The Morgan fingerprint density at radius 2 is 1.42 bits per heavy atom. The molecule has 0 aliphatic heterocycles. The second-order valence-electron chi connectivity index (χ2n) is 5.71. The van der Waals surface area contributed by atoms with Crippen molar-refractivity contribution in [2.24, 2.45) is 0 Å². The second kappa shape index (κ2) is 9.56. The summed E-state index contributed by atoms with van der Waals surface area (Å²) in [5.74, 6) is 1.61. The summed E-state index contributed by atoms with van der Waals surface area (Å²) in [4.78, 5) is 11.5. The molecule has 0 N–H and O–H groups in total. The van der Waals surface area contributed by atoms with Crippen molar-refractivity contribution in [3.05, 3.63) is 83.7 Å². The van der Waals surface area contributed by atoms with E-state index in [1.54, 1.807) is 0 Å². The van der Waals surface area contributed by atoms with Gasteiger partial charge in [0.25, 0.3) is 0 Å². The largest absolute Gasteiger partial charge is 0.466 e. The maximum absolute atomic E-state index is 11.5. The van der Waals surface area contributed by atoms with Crippen LogP contribution in [-0.4, -0.2) is 25.4 Å². The van der Waals surface area contributed by atoms with Crippen molar-refractivity contribution in [1.82, 2.24) is 0 Å². The van der Waals surface area contributed by atoms with E-state index in [0.717, 1.165) is 25.2 Å². The molecule has 0 bridgehead atoms. The number of esters is 1. The molecule has 0 unspecified atom stereocenters. The number of rotatable bonds is 8. The number of hydrogen-bond donors (Lipinski definition) is 0. The molecule has 2 aromatic carbocycles. The third-order valence-corrected chi connectivity index (χ3v) is 8.04. The minimum atomic E-state index is -1.77. The summed E-state index contributed by atoms with van der Waals surface area (Å²) in [7, 11) is 1.39. The Morgan fingerprint density at radius 3 is 1.83 bits per heavy atom. The number of benzene rings is 2. The zero-order chi connectivity index (χ0) is 17.3. The molecule has 0 fully saturated rings. The Morgan fingerprint density at radius 1 is 0.958 bits per heavy atom. The van der Waals surface area contributed by atoms with Gasteiger partial charge in [-0.1, -0.05) is 72.5 Å². The Balaban J connectivity index is 2.06. The van der Waals surface area contributed by atoms with Crippen molar-refractivity contribution in [2.75, 3.05) is 19.4 Å². The van der Waals surface area contributed by atoms with Crippen LogP contribution in [0.15, 0.2) is 72.6 Å². The standard InChI is InChI=1S/C20H23O2PS/c1-22-20(21)14-17-23(24,15-12-18-8-4-2-5-9-18)16-13-19-10-6-3-7-11-19/h2-11,14,17H,12-13,15-16H2,1H3/b17-14+. The summed E-state index contributed by atoms with van der Waals surface area (Å²) < 4.78 is 4.72. The van der Waals surface area contributed by atoms with Gasteiger partial charge in [0.2, 0.25) is 0 Å². The molecule has 0 amide bonds. The lowest BCUT2D eigenvalue weighted by molar-refractivity contribution is -0.134. The zero-order valence-electron chi connectivity index (χ0n) is 13.9. The molecule has 24 heavy (non-hydrogen) atoms. The van der Waals surface area contributed by atoms with Gasteiger partial charge in [0.05, 0.1) is 7.11 Å². The Bertz CT molecular complexity index is 663. The Kier molecular flexibility index (Phi) is 7.42. The monoisotopic (exact) mass is 358 g/mol. The van der Waals surface area contributed by atoms with Crippen LogP contribution in [0, 0.1) is 0 Å². The normalized spacial score (nSPS) is 11.5. The lowest BCUT2D eigenvalue weighted by Crippen LogP contribution is -2.01. The lowest BCUT2D eigenvalue weighted by atomic mass is 10.2. The third kappa shape index (κ3) is 6.43. The predicted octanol–water partition coefficient (Wildman–Crippen LogP) is 4.64. The number of carbonyl (C=O) groups is 1. The van der Waals surface area contributed by atoms with Crippen LogP contribution in [-0.2, 0) is 34.2 Å². The van der Waals surface area contributed by atoms with Crippen molar-refractivity contribution < 1.29 is 9.53 Å². The molecule has 4 heteroatoms. The van der Waals surface area contributed by atoms with Crippen molar-refractivity contribution in [2.45, 2.75) is 12.8 Å². The van der Waals surface area contributed by atoms with Crippen molar-refractivity contribution in [3.8, 4) is 0 Å².